The second kappa shape index (κ2) is 12.6. The van der Waals surface area contributed by atoms with E-state index in [4.69, 9.17) is 0 Å². The normalized spacial score (nSPS) is 14.2. The van der Waals surface area contributed by atoms with Gasteiger partial charge in [0, 0.05) is 36.9 Å². The van der Waals surface area contributed by atoms with Crippen LogP contribution in [0.3, 0.4) is 0 Å². The van der Waals surface area contributed by atoms with Crippen molar-refractivity contribution in [2.24, 2.45) is 5.92 Å². The van der Waals surface area contributed by atoms with Gasteiger partial charge in [0.2, 0.25) is 11.8 Å². The van der Waals surface area contributed by atoms with Crippen molar-refractivity contribution in [2.75, 3.05) is 13.1 Å². The molecule has 33 heavy (non-hydrogen) atoms. The molecule has 0 saturated heterocycles. The number of carbonyl (C=O) groups is 2. The number of hydrogen-bond donors (Lipinski definition) is 0. The molecule has 5 nitrogen and oxygen atoms in total. The minimum atomic E-state index is 0.0294. The quantitative estimate of drug-likeness (QED) is 0.382. The van der Waals surface area contributed by atoms with Crippen LogP contribution in [0.15, 0.2) is 48.7 Å². The first-order valence-electron chi connectivity index (χ1n) is 12.8. The fourth-order valence-corrected chi connectivity index (χ4v) is 4.51. The van der Waals surface area contributed by atoms with Gasteiger partial charge in [0.25, 0.3) is 0 Å². The third kappa shape index (κ3) is 7.21. The molecule has 1 aromatic heterocycles. The van der Waals surface area contributed by atoms with E-state index < -0.39 is 0 Å². The monoisotopic (exact) mass is 451 g/mol. The van der Waals surface area contributed by atoms with E-state index in [9.17, 15) is 9.59 Å². The van der Waals surface area contributed by atoms with Gasteiger partial charge in [-0.1, -0.05) is 63.9 Å². The second-order valence-electron chi connectivity index (χ2n) is 9.37. The third-order valence-corrected chi connectivity index (χ3v) is 6.64. The average Bonchev–Trinajstić information content (AvgIpc) is 3.58. The first kappa shape index (κ1) is 25.1. The molecule has 1 aliphatic carbocycles. The SMILES string of the molecule is CCCCC(CC)C(=O)N(CCC)CC(=O)N(Cc1cccn1Cc1ccccc1)C1CC1. The molecule has 1 atom stereocenters. The van der Waals surface area contributed by atoms with Crippen molar-refractivity contribution >= 4 is 11.8 Å². The number of carbonyl (C=O) groups excluding carboxylic acids is 2. The molecular formula is C28H41N3O2. The van der Waals surface area contributed by atoms with E-state index in [1.807, 2.05) is 15.9 Å². The summed E-state index contributed by atoms with van der Waals surface area (Å²) in [5, 5.41) is 0. The van der Waals surface area contributed by atoms with Crippen molar-refractivity contribution in [2.45, 2.75) is 84.8 Å². The Kier molecular flexibility index (Phi) is 9.59. The first-order chi connectivity index (χ1) is 16.1. The van der Waals surface area contributed by atoms with Gasteiger partial charge >= 0.3 is 0 Å². The van der Waals surface area contributed by atoms with Crippen molar-refractivity contribution in [3.8, 4) is 0 Å². The van der Waals surface area contributed by atoms with Gasteiger partial charge in [0.15, 0.2) is 0 Å². The summed E-state index contributed by atoms with van der Waals surface area (Å²) in [5.74, 6) is 0.267. The van der Waals surface area contributed by atoms with E-state index in [0.717, 1.165) is 57.2 Å². The maximum atomic E-state index is 13.5. The summed E-state index contributed by atoms with van der Waals surface area (Å²) in [6.45, 7) is 8.57. The van der Waals surface area contributed by atoms with Crippen LogP contribution in [0.2, 0.25) is 0 Å². The zero-order valence-electron chi connectivity index (χ0n) is 20.7. The van der Waals surface area contributed by atoms with Crippen LogP contribution in [-0.4, -0.2) is 45.3 Å². The molecule has 0 radical (unpaired) electrons. The number of amides is 2. The molecule has 2 amide bonds. The minimum absolute atomic E-state index is 0.0294. The molecular weight excluding hydrogens is 410 g/mol. The van der Waals surface area contributed by atoms with Gasteiger partial charge in [-0.15, -0.1) is 0 Å². The van der Waals surface area contributed by atoms with Crippen LogP contribution in [0.4, 0.5) is 0 Å². The van der Waals surface area contributed by atoms with Crippen LogP contribution in [0.5, 0.6) is 0 Å². The maximum absolute atomic E-state index is 13.5. The van der Waals surface area contributed by atoms with Crippen molar-refractivity contribution in [3.63, 3.8) is 0 Å². The van der Waals surface area contributed by atoms with Gasteiger partial charge in [-0.05, 0) is 49.8 Å². The molecule has 0 N–H and O–H groups in total. The molecule has 1 aromatic carbocycles. The lowest BCUT2D eigenvalue weighted by Crippen LogP contribution is -2.45. The highest BCUT2D eigenvalue weighted by Crippen LogP contribution is 2.29. The predicted octanol–water partition coefficient (Wildman–Crippen LogP) is 5.48. The number of aromatic nitrogens is 1. The highest BCUT2D eigenvalue weighted by Gasteiger charge is 2.34. The largest absolute Gasteiger partial charge is 0.345 e. The zero-order valence-corrected chi connectivity index (χ0v) is 20.7. The number of nitrogens with zero attached hydrogens (tertiary/aromatic N) is 3. The Balaban J connectivity index is 1.68. The summed E-state index contributed by atoms with van der Waals surface area (Å²) in [6.07, 6.45) is 8.98. The van der Waals surface area contributed by atoms with Gasteiger partial charge in [-0.3, -0.25) is 9.59 Å². The maximum Gasteiger partial charge on any atom is 0.242 e. The van der Waals surface area contributed by atoms with Crippen molar-refractivity contribution in [1.82, 2.24) is 14.4 Å². The van der Waals surface area contributed by atoms with Crippen LogP contribution in [0.1, 0.15) is 77.0 Å². The minimum Gasteiger partial charge on any atom is -0.345 e. The molecule has 1 fully saturated rings. The van der Waals surface area contributed by atoms with E-state index in [1.165, 1.54) is 5.56 Å². The molecule has 1 unspecified atom stereocenters. The highest BCUT2D eigenvalue weighted by molar-refractivity contribution is 5.86. The Morgan fingerprint density at radius 2 is 1.79 bits per heavy atom. The van der Waals surface area contributed by atoms with Crippen LogP contribution in [0, 0.1) is 5.92 Å². The Labute approximate surface area is 199 Å². The summed E-state index contributed by atoms with van der Waals surface area (Å²) >= 11 is 0. The Bertz CT molecular complexity index is 872. The molecule has 1 aliphatic rings. The standard InChI is InChI=1S/C28H41N3O2/c1-4-7-14-24(6-3)28(33)30(18-5-2)22-27(32)31(25-16-17-25)21-26-15-11-19-29(26)20-23-12-9-8-10-13-23/h8-13,15,19,24-25H,4-7,14,16-18,20-22H2,1-3H3. The third-order valence-electron chi connectivity index (χ3n) is 6.64. The van der Waals surface area contributed by atoms with Crippen LogP contribution < -0.4 is 0 Å². The zero-order chi connectivity index (χ0) is 23.6. The lowest BCUT2D eigenvalue weighted by atomic mass is 9.97. The molecule has 180 valence electrons. The van der Waals surface area contributed by atoms with Gasteiger partial charge in [-0.25, -0.2) is 0 Å². The predicted molar refractivity (Wildman–Crippen MR) is 134 cm³/mol. The summed E-state index contributed by atoms with van der Waals surface area (Å²) < 4.78 is 2.23. The van der Waals surface area contributed by atoms with E-state index >= 15 is 0 Å². The number of rotatable bonds is 14. The molecule has 5 heteroatoms. The van der Waals surface area contributed by atoms with Gasteiger partial charge in [0.05, 0.1) is 13.1 Å². The van der Waals surface area contributed by atoms with Crippen LogP contribution >= 0.6 is 0 Å². The summed E-state index contributed by atoms with van der Waals surface area (Å²) in [7, 11) is 0. The molecule has 1 saturated carbocycles. The first-order valence-corrected chi connectivity index (χ1v) is 12.8. The molecule has 3 rings (SSSR count). The van der Waals surface area contributed by atoms with Gasteiger partial charge in [-0.2, -0.15) is 0 Å². The number of benzene rings is 1. The molecule has 0 bridgehead atoms. The fraction of sp³-hybridized carbons (Fsp3) is 0.571. The van der Waals surface area contributed by atoms with Crippen LogP contribution in [-0.2, 0) is 22.7 Å². The van der Waals surface area contributed by atoms with Crippen molar-refractivity contribution < 1.29 is 9.59 Å². The highest BCUT2D eigenvalue weighted by atomic mass is 16.2. The van der Waals surface area contributed by atoms with Crippen molar-refractivity contribution in [3.05, 3.63) is 59.9 Å². The lowest BCUT2D eigenvalue weighted by Gasteiger charge is -2.30. The summed E-state index contributed by atoms with van der Waals surface area (Å²) in [4.78, 5) is 30.5. The Morgan fingerprint density at radius 3 is 2.42 bits per heavy atom. The van der Waals surface area contributed by atoms with E-state index in [2.05, 4.69) is 67.9 Å². The molecule has 2 aromatic rings. The van der Waals surface area contributed by atoms with E-state index in [0.29, 0.717) is 19.1 Å². The van der Waals surface area contributed by atoms with Gasteiger partial charge < -0.3 is 14.4 Å². The topological polar surface area (TPSA) is 45.6 Å². The second-order valence-corrected chi connectivity index (χ2v) is 9.37. The lowest BCUT2D eigenvalue weighted by molar-refractivity contribution is -0.144. The van der Waals surface area contributed by atoms with Crippen molar-refractivity contribution in [1.29, 1.82) is 0 Å². The Hall–Kier alpha value is -2.56. The summed E-state index contributed by atoms with van der Waals surface area (Å²) in [6, 6.07) is 14.9. The smallest absolute Gasteiger partial charge is 0.242 e. The molecule has 0 aliphatic heterocycles. The fourth-order valence-electron chi connectivity index (χ4n) is 4.51. The number of hydrogen-bond acceptors (Lipinski definition) is 2. The Morgan fingerprint density at radius 1 is 1.03 bits per heavy atom. The van der Waals surface area contributed by atoms with Crippen LogP contribution in [0.25, 0.3) is 0 Å². The van der Waals surface area contributed by atoms with Gasteiger partial charge in [0.1, 0.15) is 0 Å². The molecule has 0 spiro atoms. The van der Waals surface area contributed by atoms with E-state index in [-0.39, 0.29) is 24.3 Å². The summed E-state index contributed by atoms with van der Waals surface area (Å²) in [5.41, 5.74) is 2.39. The van der Waals surface area contributed by atoms with E-state index in [1.54, 1.807) is 0 Å². The molecule has 1 heterocycles. The number of unbranched alkanes of at least 4 members (excludes halogenated alkanes) is 1. The average molecular weight is 452 g/mol.